The smallest absolute Gasteiger partial charge is 0.254 e. The first-order valence-corrected chi connectivity index (χ1v) is 9.29. The molecule has 1 unspecified atom stereocenters. The van der Waals surface area contributed by atoms with Gasteiger partial charge >= 0.3 is 0 Å². The average Bonchev–Trinajstić information content (AvgIpc) is 2.97. The fraction of sp³-hybridized carbons (Fsp3) is 0.211. The minimum absolute atomic E-state index is 0.187. The molecule has 0 radical (unpaired) electrons. The molecule has 0 bridgehead atoms. The van der Waals surface area contributed by atoms with Crippen LogP contribution in [-0.4, -0.2) is 34.0 Å². The number of benzene rings is 2. The SMILES string of the molecule is O=C(c1cc(Cl)cc(Cl)c1)N1CCc2c([nH]c3ccc(Cl)cc23)C1CO. The van der Waals surface area contributed by atoms with Crippen molar-refractivity contribution in [2.24, 2.45) is 0 Å². The van der Waals surface area contributed by atoms with E-state index in [4.69, 9.17) is 34.8 Å². The number of aromatic nitrogens is 1. The van der Waals surface area contributed by atoms with Gasteiger partial charge in [0.05, 0.1) is 12.6 Å². The second-order valence-corrected chi connectivity index (χ2v) is 7.62. The maximum atomic E-state index is 13.0. The zero-order chi connectivity index (χ0) is 18.4. The number of H-pyrrole nitrogens is 1. The van der Waals surface area contributed by atoms with Gasteiger partial charge in [0.25, 0.3) is 5.91 Å². The number of hydrogen-bond donors (Lipinski definition) is 2. The van der Waals surface area contributed by atoms with Gasteiger partial charge in [-0.1, -0.05) is 34.8 Å². The van der Waals surface area contributed by atoms with Gasteiger partial charge in [0.15, 0.2) is 0 Å². The van der Waals surface area contributed by atoms with E-state index in [1.54, 1.807) is 23.1 Å². The van der Waals surface area contributed by atoms with E-state index in [9.17, 15) is 9.90 Å². The minimum atomic E-state index is -0.463. The van der Waals surface area contributed by atoms with Crippen molar-refractivity contribution in [3.63, 3.8) is 0 Å². The first-order chi connectivity index (χ1) is 12.5. The van der Waals surface area contributed by atoms with Crippen LogP contribution >= 0.6 is 34.8 Å². The molecule has 134 valence electrons. The summed E-state index contributed by atoms with van der Waals surface area (Å²) in [6, 6.07) is 9.93. The van der Waals surface area contributed by atoms with Crippen LogP contribution < -0.4 is 0 Å². The van der Waals surface area contributed by atoms with Gasteiger partial charge in [-0.05, 0) is 48.4 Å². The summed E-state index contributed by atoms with van der Waals surface area (Å²) in [5, 5.41) is 12.5. The fourth-order valence-corrected chi connectivity index (χ4v) is 4.31. The summed E-state index contributed by atoms with van der Waals surface area (Å²) in [6.45, 7) is 0.300. The quantitative estimate of drug-likeness (QED) is 0.635. The van der Waals surface area contributed by atoms with Crippen LogP contribution in [0.15, 0.2) is 36.4 Å². The third-order valence-corrected chi connectivity index (χ3v) is 5.43. The number of carbonyl (C=O) groups is 1. The second-order valence-electron chi connectivity index (χ2n) is 6.31. The van der Waals surface area contributed by atoms with Crippen LogP contribution in [0, 0.1) is 0 Å². The third kappa shape index (κ3) is 2.97. The molecular weight excluding hydrogens is 395 g/mol. The lowest BCUT2D eigenvalue weighted by Crippen LogP contribution is -2.41. The molecule has 0 spiro atoms. The van der Waals surface area contributed by atoms with Crippen molar-refractivity contribution < 1.29 is 9.90 Å². The predicted molar refractivity (Wildman–Crippen MR) is 104 cm³/mol. The van der Waals surface area contributed by atoms with Gasteiger partial charge in [-0.2, -0.15) is 0 Å². The van der Waals surface area contributed by atoms with Crippen molar-refractivity contribution in [1.29, 1.82) is 0 Å². The summed E-state index contributed by atoms with van der Waals surface area (Å²) in [4.78, 5) is 18.0. The van der Waals surface area contributed by atoms with E-state index in [2.05, 4.69) is 4.98 Å². The lowest BCUT2D eigenvalue weighted by Gasteiger charge is -2.35. The highest BCUT2D eigenvalue weighted by Crippen LogP contribution is 2.36. The monoisotopic (exact) mass is 408 g/mol. The first-order valence-electron chi connectivity index (χ1n) is 8.16. The number of aliphatic hydroxyl groups is 1. The molecule has 2 N–H and O–H groups in total. The number of hydrogen-bond acceptors (Lipinski definition) is 2. The van der Waals surface area contributed by atoms with Crippen LogP contribution in [0.1, 0.15) is 27.7 Å². The Morgan fingerprint density at radius 2 is 1.85 bits per heavy atom. The Hall–Kier alpha value is -1.72. The van der Waals surface area contributed by atoms with Crippen molar-refractivity contribution in [3.05, 3.63) is 68.3 Å². The molecule has 26 heavy (non-hydrogen) atoms. The number of halogens is 3. The van der Waals surface area contributed by atoms with Gasteiger partial charge in [0.2, 0.25) is 0 Å². The molecule has 0 aliphatic carbocycles. The summed E-state index contributed by atoms with van der Waals surface area (Å²) in [5.41, 5.74) is 3.29. The normalized spacial score (nSPS) is 16.8. The first kappa shape index (κ1) is 17.7. The van der Waals surface area contributed by atoms with Gasteiger partial charge in [-0.15, -0.1) is 0 Å². The van der Waals surface area contributed by atoms with Crippen LogP contribution in [0.4, 0.5) is 0 Å². The van der Waals surface area contributed by atoms with E-state index in [-0.39, 0.29) is 12.5 Å². The molecular formula is C19H15Cl3N2O2. The van der Waals surface area contributed by atoms with Gasteiger partial charge < -0.3 is 15.0 Å². The summed E-state index contributed by atoms with van der Waals surface area (Å²) < 4.78 is 0. The van der Waals surface area contributed by atoms with Gasteiger partial charge in [0, 0.05) is 43.8 Å². The Morgan fingerprint density at radius 3 is 2.54 bits per heavy atom. The number of amides is 1. The van der Waals surface area contributed by atoms with E-state index < -0.39 is 6.04 Å². The molecule has 0 fully saturated rings. The number of carbonyl (C=O) groups excluding carboxylic acids is 1. The molecule has 0 saturated heterocycles. The standard InChI is InChI=1S/C19H15Cl3N2O2/c20-11-1-2-16-15(8-11)14-3-4-24(17(9-25)18(14)23-16)19(26)10-5-12(21)7-13(22)6-10/h1-2,5-8,17,23,25H,3-4,9H2. The molecule has 1 aromatic heterocycles. The number of rotatable bonds is 2. The zero-order valence-corrected chi connectivity index (χ0v) is 15.9. The minimum Gasteiger partial charge on any atom is -0.394 e. The van der Waals surface area contributed by atoms with Crippen molar-refractivity contribution in [2.45, 2.75) is 12.5 Å². The Balaban J connectivity index is 1.76. The van der Waals surface area contributed by atoms with Crippen molar-refractivity contribution >= 4 is 51.6 Å². The second kappa shape index (κ2) is 6.78. The van der Waals surface area contributed by atoms with Gasteiger partial charge in [-0.3, -0.25) is 4.79 Å². The molecule has 2 aromatic carbocycles. The number of aliphatic hydroxyl groups excluding tert-OH is 1. The molecule has 1 aliphatic heterocycles. The Kier molecular flexibility index (Phi) is 4.61. The van der Waals surface area contributed by atoms with E-state index >= 15 is 0 Å². The molecule has 3 aromatic rings. The van der Waals surface area contributed by atoms with Crippen LogP contribution in [0.25, 0.3) is 10.9 Å². The average molecular weight is 410 g/mol. The highest BCUT2D eigenvalue weighted by molar-refractivity contribution is 6.35. The largest absolute Gasteiger partial charge is 0.394 e. The Morgan fingerprint density at radius 1 is 1.12 bits per heavy atom. The number of fused-ring (bicyclic) bond motifs is 3. The van der Waals surface area contributed by atoms with Crippen LogP contribution in [0.2, 0.25) is 15.1 Å². The summed E-state index contributed by atoms with van der Waals surface area (Å²) in [5.74, 6) is -0.212. The zero-order valence-electron chi connectivity index (χ0n) is 13.6. The topological polar surface area (TPSA) is 56.3 Å². The number of nitrogens with zero attached hydrogens (tertiary/aromatic N) is 1. The Labute approximate surface area is 165 Å². The van der Waals surface area contributed by atoms with Crippen molar-refractivity contribution in [1.82, 2.24) is 9.88 Å². The van der Waals surface area contributed by atoms with E-state index in [1.165, 1.54) is 0 Å². The van der Waals surface area contributed by atoms with Gasteiger partial charge in [0.1, 0.15) is 0 Å². The van der Waals surface area contributed by atoms with Crippen molar-refractivity contribution in [3.8, 4) is 0 Å². The van der Waals surface area contributed by atoms with E-state index in [1.807, 2.05) is 18.2 Å². The fourth-order valence-electron chi connectivity index (χ4n) is 3.61. The molecule has 4 rings (SSSR count). The highest BCUT2D eigenvalue weighted by atomic mass is 35.5. The predicted octanol–water partition coefficient (Wildman–Crippen LogP) is 4.86. The molecule has 1 atom stereocenters. The third-order valence-electron chi connectivity index (χ3n) is 4.76. The van der Waals surface area contributed by atoms with E-state index in [0.29, 0.717) is 33.6 Å². The number of nitrogens with one attached hydrogen (secondary N) is 1. The van der Waals surface area contributed by atoms with Crippen molar-refractivity contribution in [2.75, 3.05) is 13.2 Å². The highest BCUT2D eigenvalue weighted by Gasteiger charge is 2.33. The molecule has 1 aliphatic rings. The maximum absolute atomic E-state index is 13.0. The van der Waals surface area contributed by atoms with E-state index in [0.717, 1.165) is 22.2 Å². The molecule has 0 saturated carbocycles. The lowest BCUT2D eigenvalue weighted by molar-refractivity contribution is 0.0563. The Bertz CT molecular complexity index is 995. The van der Waals surface area contributed by atoms with Crippen LogP contribution in [0.3, 0.4) is 0 Å². The summed E-state index contributed by atoms with van der Waals surface area (Å²) in [6.07, 6.45) is 0.673. The molecule has 2 heterocycles. The molecule has 7 heteroatoms. The maximum Gasteiger partial charge on any atom is 0.254 e. The molecule has 1 amide bonds. The lowest BCUT2D eigenvalue weighted by atomic mass is 9.97. The summed E-state index contributed by atoms with van der Waals surface area (Å²) in [7, 11) is 0. The van der Waals surface area contributed by atoms with Gasteiger partial charge in [-0.25, -0.2) is 0 Å². The summed E-state index contributed by atoms with van der Waals surface area (Å²) >= 11 is 18.2. The van der Waals surface area contributed by atoms with Crippen LogP contribution in [-0.2, 0) is 6.42 Å². The number of aromatic amines is 1. The molecule has 4 nitrogen and oxygen atoms in total. The van der Waals surface area contributed by atoms with Crippen LogP contribution in [0.5, 0.6) is 0 Å².